The minimum absolute atomic E-state index is 0.107. The van der Waals surface area contributed by atoms with Gasteiger partial charge in [0.1, 0.15) is 6.54 Å². The van der Waals surface area contributed by atoms with Crippen LogP contribution in [0.15, 0.2) is 83.8 Å². The first-order valence-corrected chi connectivity index (χ1v) is 12.3. The number of nitrogens with one attached hydrogen (secondary N) is 1. The second kappa shape index (κ2) is 10.7. The molecule has 1 atom stereocenters. The predicted molar refractivity (Wildman–Crippen MR) is 130 cm³/mol. The monoisotopic (exact) mass is 470 g/mol. The highest BCUT2D eigenvalue weighted by molar-refractivity contribution is 7.92. The molecular formula is C25H27ClN2O3S. The van der Waals surface area contributed by atoms with Crippen molar-refractivity contribution in [1.29, 1.82) is 0 Å². The fourth-order valence-corrected chi connectivity index (χ4v) is 5.11. The summed E-state index contributed by atoms with van der Waals surface area (Å²) in [6.07, 6.45) is 1.57. The highest BCUT2D eigenvalue weighted by Crippen LogP contribution is 2.30. The second-order valence-corrected chi connectivity index (χ2v) is 9.97. The Labute approximate surface area is 195 Å². The van der Waals surface area contributed by atoms with Gasteiger partial charge in [-0.25, -0.2) is 8.42 Å². The van der Waals surface area contributed by atoms with Crippen LogP contribution in [-0.2, 0) is 21.2 Å². The fraction of sp³-hybridized carbons (Fsp3) is 0.240. The van der Waals surface area contributed by atoms with Gasteiger partial charge in [0.05, 0.1) is 10.6 Å². The molecule has 5 nitrogen and oxygen atoms in total. The third-order valence-electron chi connectivity index (χ3n) is 5.24. The van der Waals surface area contributed by atoms with Crippen LogP contribution in [0.4, 0.5) is 5.69 Å². The van der Waals surface area contributed by atoms with Crippen LogP contribution in [0.5, 0.6) is 0 Å². The number of halogens is 1. The molecule has 1 N–H and O–H groups in total. The number of amides is 1. The lowest BCUT2D eigenvalue weighted by atomic mass is 10.1. The van der Waals surface area contributed by atoms with Gasteiger partial charge in [0, 0.05) is 11.1 Å². The van der Waals surface area contributed by atoms with E-state index < -0.39 is 10.0 Å². The Morgan fingerprint density at radius 1 is 0.969 bits per heavy atom. The van der Waals surface area contributed by atoms with Crippen molar-refractivity contribution in [1.82, 2.24) is 5.32 Å². The number of rotatable bonds is 9. The van der Waals surface area contributed by atoms with Crippen LogP contribution in [-0.4, -0.2) is 26.9 Å². The quantitative estimate of drug-likeness (QED) is 0.479. The molecule has 0 aliphatic rings. The Morgan fingerprint density at radius 3 is 2.25 bits per heavy atom. The molecule has 3 aromatic carbocycles. The van der Waals surface area contributed by atoms with E-state index in [1.807, 2.05) is 37.3 Å². The molecule has 0 saturated heterocycles. The lowest BCUT2D eigenvalue weighted by Gasteiger charge is -2.26. The summed E-state index contributed by atoms with van der Waals surface area (Å²) in [5.41, 5.74) is 2.17. The number of sulfonamides is 1. The predicted octanol–water partition coefficient (Wildman–Crippen LogP) is 4.98. The van der Waals surface area contributed by atoms with E-state index in [4.69, 9.17) is 11.6 Å². The van der Waals surface area contributed by atoms with Gasteiger partial charge in [-0.2, -0.15) is 0 Å². The van der Waals surface area contributed by atoms with Crippen LogP contribution >= 0.6 is 11.6 Å². The Morgan fingerprint density at radius 2 is 1.59 bits per heavy atom. The maximum Gasteiger partial charge on any atom is 0.264 e. The standard InChI is InChI=1S/C25H27ClN2O3S/c1-19(16-17-21-10-5-3-6-11-21)27-25(29)18-28(24-15-9-14-23(26)20(24)2)32(30,31)22-12-7-4-8-13-22/h3-15,19H,16-18H2,1-2H3,(H,27,29)/t19-/m1/s1. The molecule has 0 fully saturated rings. The van der Waals surface area contributed by atoms with Crippen molar-refractivity contribution < 1.29 is 13.2 Å². The summed E-state index contributed by atoms with van der Waals surface area (Å²) >= 11 is 6.25. The van der Waals surface area contributed by atoms with Gasteiger partial charge in [0.15, 0.2) is 0 Å². The molecule has 0 unspecified atom stereocenters. The molecule has 7 heteroatoms. The minimum atomic E-state index is -3.97. The molecule has 0 spiro atoms. The zero-order chi connectivity index (χ0) is 23.1. The Kier molecular flexibility index (Phi) is 7.94. The van der Waals surface area contributed by atoms with E-state index in [-0.39, 0.29) is 23.4 Å². The number of carbonyl (C=O) groups is 1. The lowest BCUT2D eigenvalue weighted by molar-refractivity contribution is -0.120. The second-order valence-electron chi connectivity index (χ2n) is 7.70. The van der Waals surface area contributed by atoms with E-state index in [2.05, 4.69) is 5.32 Å². The maximum atomic E-state index is 13.4. The molecule has 0 saturated carbocycles. The average molecular weight is 471 g/mol. The van der Waals surface area contributed by atoms with Crippen LogP contribution in [0.1, 0.15) is 24.5 Å². The molecule has 168 valence electrons. The number of nitrogens with zero attached hydrogens (tertiary/aromatic N) is 1. The SMILES string of the molecule is Cc1c(Cl)cccc1N(CC(=O)N[C@H](C)CCc1ccccc1)S(=O)(=O)c1ccccc1. The highest BCUT2D eigenvalue weighted by Gasteiger charge is 2.29. The van der Waals surface area contributed by atoms with Crippen molar-refractivity contribution in [2.75, 3.05) is 10.8 Å². The Bertz CT molecular complexity index is 1150. The molecule has 3 rings (SSSR count). The summed E-state index contributed by atoms with van der Waals surface area (Å²) in [6, 6.07) is 23.0. The van der Waals surface area contributed by atoms with Crippen LogP contribution in [0.2, 0.25) is 5.02 Å². The van der Waals surface area contributed by atoms with Crippen LogP contribution in [0.3, 0.4) is 0 Å². The third kappa shape index (κ3) is 5.90. The molecule has 1 amide bonds. The minimum Gasteiger partial charge on any atom is -0.352 e. The molecule has 32 heavy (non-hydrogen) atoms. The van der Waals surface area contributed by atoms with E-state index in [0.29, 0.717) is 16.3 Å². The summed E-state index contributed by atoms with van der Waals surface area (Å²) < 4.78 is 28.0. The molecule has 0 aliphatic carbocycles. The van der Waals surface area contributed by atoms with Gasteiger partial charge in [-0.05, 0) is 62.1 Å². The number of benzene rings is 3. The van der Waals surface area contributed by atoms with E-state index in [1.165, 1.54) is 17.7 Å². The average Bonchev–Trinajstić information content (AvgIpc) is 2.79. The first kappa shape index (κ1) is 23.8. The summed E-state index contributed by atoms with van der Waals surface area (Å²) in [6.45, 7) is 3.32. The lowest BCUT2D eigenvalue weighted by Crippen LogP contribution is -2.44. The molecule has 0 radical (unpaired) electrons. The largest absolute Gasteiger partial charge is 0.352 e. The van der Waals surface area contributed by atoms with E-state index in [9.17, 15) is 13.2 Å². The van der Waals surface area contributed by atoms with Crippen LogP contribution in [0.25, 0.3) is 0 Å². The van der Waals surface area contributed by atoms with Gasteiger partial charge in [0.25, 0.3) is 10.0 Å². The molecular weight excluding hydrogens is 444 g/mol. The smallest absolute Gasteiger partial charge is 0.264 e. The van der Waals surface area contributed by atoms with Crippen LogP contribution in [0, 0.1) is 6.92 Å². The topological polar surface area (TPSA) is 66.5 Å². The van der Waals surface area contributed by atoms with Crippen molar-refractivity contribution in [3.63, 3.8) is 0 Å². The fourth-order valence-electron chi connectivity index (χ4n) is 3.44. The zero-order valence-electron chi connectivity index (χ0n) is 18.2. The molecule has 0 bridgehead atoms. The number of aryl methyl sites for hydroxylation is 1. The first-order valence-electron chi connectivity index (χ1n) is 10.4. The van der Waals surface area contributed by atoms with Crippen molar-refractivity contribution in [2.45, 2.75) is 37.6 Å². The normalized spacial score (nSPS) is 12.2. The van der Waals surface area contributed by atoms with Gasteiger partial charge in [-0.3, -0.25) is 9.10 Å². The van der Waals surface area contributed by atoms with E-state index >= 15 is 0 Å². The molecule has 0 aromatic heterocycles. The van der Waals surface area contributed by atoms with Gasteiger partial charge in [-0.15, -0.1) is 0 Å². The van der Waals surface area contributed by atoms with Crippen molar-refractivity contribution in [2.24, 2.45) is 0 Å². The zero-order valence-corrected chi connectivity index (χ0v) is 19.7. The van der Waals surface area contributed by atoms with Crippen molar-refractivity contribution in [3.8, 4) is 0 Å². The number of carbonyl (C=O) groups excluding carboxylic acids is 1. The van der Waals surface area contributed by atoms with Crippen LogP contribution < -0.4 is 9.62 Å². The summed E-state index contributed by atoms with van der Waals surface area (Å²) in [4.78, 5) is 13.0. The van der Waals surface area contributed by atoms with Gasteiger partial charge in [-0.1, -0.05) is 66.2 Å². The number of hydrogen-bond acceptors (Lipinski definition) is 3. The van der Waals surface area contributed by atoms with E-state index in [1.54, 1.807) is 43.3 Å². The van der Waals surface area contributed by atoms with Gasteiger partial charge in [0.2, 0.25) is 5.91 Å². The third-order valence-corrected chi connectivity index (χ3v) is 7.43. The van der Waals surface area contributed by atoms with Gasteiger partial charge < -0.3 is 5.32 Å². The van der Waals surface area contributed by atoms with E-state index in [0.717, 1.165) is 17.1 Å². The highest BCUT2D eigenvalue weighted by atomic mass is 35.5. The molecule has 3 aromatic rings. The molecule has 0 aliphatic heterocycles. The van der Waals surface area contributed by atoms with Crippen molar-refractivity contribution >= 4 is 33.2 Å². The maximum absolute atomic E-state index is 13.4. The summed E-state index contributed by atoms with van der Waals surface area (Å²) in [5, 5.41) is 3.37. The first-order chi connectivity index (χ1) is 15.3. The van der Waals surface area contributed by atoms with Crippen molar-refractivity contribution in [3.05, 3.63) is 95.0 Å². The Balaban J connectivity index is 1.79. The Hall–Kier alpha value is -2.83. The summed E-state index contributed by atoms with van der Waals surface area (Å²) in [5.74, 6) is -0.371. The van der Waals surface area contributed by atoms with Gasteiger partial charge >= 0.3 is 0 Å². The number of anilines is 1. The summed E-state index contributed by atoms with van der Waals surface area (Å²) in [7, 11) is -3.97. The number of hydrogen-bond donors (Lipinski definition) is 1. The molecule has 0 heterocycles.